The molecule has 0 radical (unpaired) electrons. The standard InChI is InChI=1S/C18H16O4/c19-17(20)15-9-11-1-2-12-4-6-14(16(10-12)18(21)22)8-7-13(15)5-3-11/h1-2,7-10H,3-6H2,(H,19,20)(H,21,22)/b2-1?,8-7?,11-1-,12-2+,13-7-,14-8?. The number of carbonyl (C=O) groups is 2. The molecule has 6 rings (SSSR count). The van der Waals surface area contributed by atoms with Crippen LogP contribution >= 0.6 is 0 Å². The molecule has 4 heteroatoms. The Bertz CT molecular complexity index is 675. The third-order valence-electron chi connectivity index (χ3n) is 4.18. The SMILES string of the molecule is O=C(O)C1=C/C2=C/C=C3C=C(C(=O)O)/C(=C\C=C1CC2)CC\3. The van der Waals surface area contributed by atoms with Crippen molar-refractivity contribution in [2.24, 2.45) is 0 Å². The van der Waals surface area contributed by atoms with Gasteiger partial charge in [-0.05, 0) is 60.1 Å². The minimum absolute atomic E-state index is 0.296. The summed E-state index contributed by atoms with van der Waals surface area (Å²) < 4.78 is 0. The summed E-state index contributed by atoms with van der Waals surface area (Å²) in [5, 5.41) is 18.7. The van der Waals surface area contributed by atoms with Crippen molar-refractivity contribution in [3.63, 3.8) is 0 Å². The second-order valence-corrected chi connectivity index (χ2v) is 5.59. The van der Waals surface area contributed by atoms with E-state index in [1.54, 1.807) is 24.3 Å². The van der Waals surface area contributed by atoms with E-state index in [1.807, 2.05) is 12.2 Å². The minimum Gasteiger partial charge on any atom is -0.478 e. The van der Waals surface area contributed by atoms with Crippen LogP contribution in [0.4, 0.5) is 0 Å². The Morgan fingerprint density at radius 1 is 0.682 bits per heavy atom. The molecule has 0 fully saturated rings. The Labute approximate surface area is 128 Å². The maximum Gasteiger partial charge on any atom is 0.335 e. The van der Waals surface area contributed by atoms with Gasteiger partial charge in [-0.2, -0.15) is 0 Å². The van der Waals surface area contributed by atoms with Crippen molar-refractivity contribution in [3.8, 4) is 0 Å². The Morgan fingerprint density at radius 3 is 1.45 bits per heavy atom. The molecule has 0 saturated heterocycles. The fourth-order valence-electron chi connectivity index (χ4n) is 2.95. The average Bonchev–Trinajstić information content (AvgIpc) is 2.49. The van der Waals surface area contributed by atoms with Crippen molar-refractivity contribution in [2.75, 3.05) is 0 Å². The molecule has 0 unspecified atom stereocenters. The van der Waals surface area contributed by atoms with E-state index in [0.29, 0.717) is 24.0 Å². The van der Waals surface area contributed by atoms with E-state index in [-0.39, 0.29) is 0 Å². The predicted molar refractivity (Wildman–Crippen MR) is 82.2 cm³/mol. The molecule has 6 aliphatic carbocycles. The maximum atomic E-state index is 11.4. The Kier molecular flexibility index (Phi) is 3.67. The first kappa shape index (κ1) is 14.3. The van der Waals surface area contributed by atoms with Gasteiger partial charge in [0.25, 0.3) is 0 Å². The van der Waals surface area contributed by atoms with Crippen molar-refractivity contribution in [1.82, 2.24) is 0 Å². The lowest BCUT2D eigenvalue weighted by atomic mass is 9.85. The van der Waals surface area contributed by atoms with Crippen LogP contribution in [0.2, 0.25) is 0 Å². The van der Waals surface area contributed by atoms with Crippen LogP contribution < -0.4 is 0 Å². The summed E-state index contributed by atoms with van der Waals surface area (Å²) in [6.45, 7) is 0. The van der Waals surface area contributed by atoms with Gasteiger partial charge in [0.05, 0.1) is 11.1 Å². The summed E-state index contributed by atoms with van der Waals surface area (Å²) in [7, 11) is 0. The fraction of sp³-hybridized carbons (Fsp3) is 0.222. The normalized spacial score (nSPS) is 27.6. The van der Waals surface area contributed by atoms with Gasteiger partial charge in [0.1, 0.15) is 0 Å². The molecule has 0 aliphatic heterocycles. The van der Waals surface area contributed by atoms with Crippen molar-refractivity contribution >= 4 is 11.9 Å². The zero-order valence-electron chi connectivity index (χ0n) is 12.0. The highest BCUT2D eigenvalue weighted by atomic mass is 16.4. The topological polar surface area (TPSA) is 74.6 Å². The molecule has 0 aromatic carbocycles. The van der Waals surface area contributed by atoms with E-state index in [1.165, 1.54) is 0 Å². The van der Waals surface area contributed by atoms with E-state index in [9.17, 15) is 19.8 Å². The van der Waals surface area contributed by atoms with Gasteiger partial charge in [0, 0.05) is 0 Å². The molecule has 0 aromatic heterocycles. The third-order valence-corrected chi connectivity index (χ3v) is 4.18. The van der Waals surface area contributed by atoms with Gasteiger partial charge < -0.3 is 10.2 Å². The van der Waals surface area contributed by atoms with Crippen LogP contribution in [0.1, 0.15) is 25.7 Å². The smallest absolute Gasteiger partial charge is 0.335 e. The summed E-state index contributed by atoms with van der Waals surface area (Å²) in [4.78, 5) is 22.8. The number of rotatable bonds is 2. The number of carboxylic acids is 2. The summed E-state index contributed by atoms with van der Waals surface area (Å²) in [6.07, 6.45) is 13.7. The average molecular weight is 296 g/mol. The monoisotopic (exact) mass is 296 g/mol. The van der Waals surface area contributed by atoms with E-state index in [4.69, 9.17) is 0 Å². The van der Waals surface area contributed by atoms with Crippen LogP contribution in [0, 0.1) is 0 Å². The zero-order chi connectivity index (χ0) is 15.7. The lowest BCUT2D eigenvalue weighted by Gasteiger charge is -2.19. The highest BCUT2D eigenvalue weighted by Crippen LogP contribution is 2.32. The van der Waals surface area contributed by atoms with Crippen LogP contribution in [0.25, 0.3) is 0 Å². The van der Waals surface area contributed by atoms with Gasteiger partial charge in [-0.25, -0.2) is 9.59 Å². The molecule has 0 aromatic rings. The molecule has 2 N–H and O–H groups in total. The second kappa shape index (κ2) is 5.64. The van der Waals surface area contributed by atoms with E-state index in [0.717, 1.165) is 35.1 Å². The second-order valence-electron chi connectivity index (χ2n) is 5.59. The molecule has 4 bridgehead atoms. The molecule has 4 nitrogen and oxygen atoms in total. The lowest BCUT2D eigenvalue weighted by Crippen LogP contribution is -2.11. The molecular weight excluding hydrogens is 280 g/mol. The third kappa shape index (κ3) is 2.72. The summed E-state index contributed by atoms with van der Waals surface area (Å²) in [5.41, 5.74) is 4.01. The lowest BCUT2D eigenvalue weighted by molar-refractivity contribution is -0.133. The molecular formula is C18H16O4. The summed E-state index contributed by atoms with van der Waals surface area (Å²) in [6, 6.07) is 0. The van der Waals surface area contributed by atoms with Crippen LogP contribution in [0.5, 0.6) is 0 Å². The summed E-state index contributed by atoms with van der Waals surface area (Å²) >= 11 is 0. The van der Waals surface area contributed by atoms with Crippen molar-refractivity contribution in [3.05, 3.63) is 69.9 Å². The van der Waals surface area contributed by atoms with Crippen molar-refractivity contribution < 1.29 is 19.8 Å². The van der Waals surface area contributed by atoms with Gasteiger partial charge in [-0.15, -0.1) is 0 Å². The van der Waals surface area contributed by atoms with E-state index >= 15 is 0 Å². The van der Waals surface area contributed by atoms with Crippen LogP contribution in [0.3, 0.4) is 0 Å². The molecule has 6 aliphatic rings. The molecule has 0 amide bonds. The first-order valence-electron chi connectivity index (χ1n) is 7.25. The molecule has 0 heterocycles. The first-order valence-corrected chi connectivity index (χ1v) is 7.25. The van der Waals surface area contributed by atoms with E-state index < -0.39 is 11.9 Å². The minimum atomic E-state index is -0.945. The highest BCUT2D eigenvalue weighted by molar-refractivity contribution is 5.94. The summed E-state index contributed by atoms with van der Waals surface area (Å²) in [5.74, 6) is -1.89. The molecule has 112 valence electrons. The van der Waals surface area contributed by atoms with Gasteiger partial charge in [0.15, 0.2) is 0 Å². The van der Waals surface area contributed by atoms with Gasteiger partial charge in [0.2, 0.25) is 0 Å². The molecule has 0 saturated carbocycles. The maximum absolute atomic E-state index is 11.4. The van der Waals surface area contributed by atoms with Crippen LogP contribution in [-0.2, 0) is 9.59 Å². The Hall–Kier alpha value is -2.62. The first-order chi connectivity index (χ1) is 10.5. The molecule has 0 spiro atoms. The quantitative estimate of drug-likeness (QED) is 0.819. The van der Waals surface area contributed by atoms with Gasteiger partial charge in [-0.1, -0.05) is 24.3 Å². The molecule has 22 heavy (non-hydrogen) atoms. The Morgan fingerprint density at radius 2 is 1.09 bits per heavy atom. The van der Waals surface area contributed by atoms with Crippen molar-refractivity contribution in [2.45, 2.75) is 25.7 Å². The molecule has 0 atom stereocenters. The largest absolute Gasteiger partial charge is 0.478 e. The van der Waals surface area contributed by atoms with E-state index in [2.05, 4.69) is 0 Å². The van der Waals surface area contributed by atoms with Gasteiger partial charge >= 0.3 is 11.9 Å². The highest BCUT2D eigenvalue weighted by Gasteiger charge is 2.21. The van der Waals surface area contributed by atoms with Gasteiger partial charge in [-0.3, -0.25) is 0 Å². The Balaban J connectivity index is 2.19. The predicted octanol–water partition coefficient (Wildman–Crippen LogP) is 3.32. The number of carboxylic acid groups (broad SMARTS) is 2. The number of aliphatic carboxylic acids is 2. The number of hydrogen-bond acceptors (Lipinski definition) is 2. The van der Waals surface area contributed by atoms with Crippen LogP contribution in [-0.4, -0.2) is 22.2 Å². The zero-order valence-corrected chi connectivity index (χ0v) is 12.0. The van der Waals surface area contributed by atoms with Crippen molar-refractivity contribution in [1.29, 1.82) is 0 Å². The van der Waals surface area contributed by atoms with Crippen LogP contribution in [0.15, 0.2) is 69.9 Å². The number of hydrogen-bond donors (Lipinski definition) is 2. The fourth-order valence-corrected chi connectivity index (χ4v) is 2.95. The number of allylic oxidation sites excluding steroid dienone is 8.